The van der Waals surface area contributed by atoms with Gasteiger partial charge >= 0.3 is 12.0 Å². The molecule has 1 saturated carbocycles. The third kappa shape index (κ3) is 7.83. The van der Waals surface area contributed by atoms with Crippen molar-refractivity contribution in [1.82, 2.24) is 40.8 Å². The van der Waals surface area contributed by atoms with Crippen LogP contribution in [0.1, 0.15) is 78.7 Å². The molecular formula is C37H48N8O6S. The van der Waals surface area contributed by atoms with Gasteiger partial charge in [-0.25, -0.2) is 14.6 Å². The van der Waals surface area contributed by atoms with Crippen LogP contribution in [-0.4, -0.2) is 91.1 Å². The Kier molecular flexibility index (Phi) is 10.7. The van der Waals surface area contributed by atoms with E-state index >= 15 is 0 Å². The fourth-order valence-corrected chi connectivity index (χ4v) is 7.39. The third-order valence-corrected chi connectivity index (χ3v) is 11.3. The van der Waals surface area contributed by atoms with Crippen molar-refractivity contribution in [2.24, 2.45) is 11.3 Å². The highest BCUT2D eigenvalue weighted by atomic mass is 32.1. The van der Waals surface area contributed by atoms with Crippen LogP contribution in [0.5, 0.6) is 5.75 Å². The lowest BCUT2D eigenvalue weighted by molar-refractivity contribution is -0.145. The number of methoxy groups -OCH3 is 1. The molecule has 4 amide bonds. The van der Waals surface area contributed by atoms with Crippen molar-refractivity contribution in [3.05, 3.63) is 48.0 Å². The summed E-state index contributed by atoms with van der Waals surface area (Å²) >= 11 is 1.42. The minimum absolute atomic E-state index is 0.0759. The van der Waals surface area contributed by atoms with Crippen LogP contribution in [0.25, 0.3) is 22.0 Å². The average molecular weight is 733 g/mol. The zero-order chi connectivity index (χ0) is 37.2. The van der Waals surface area contributed by atoms with E-state index in [0.29, 0.717) is 35.0 Å². The predicted molar refractivity (Wildman–Crippen MR) is 195 cm³/mol. The molecular weight excluding hydrogens is 685 g/mol. The average Bonchev–Trinajstić information content (AvgIpc) is 3.56. The summed E-state index contributed by atoms with van der Waals surface area (Å²) in [5.74, 6) is -1.73. The van der Waals surface area contributed by atoms with Gasteiger partial charge in [0.1, 0.15) is 39.8 Å². The number of carbonyl (C=O) groups is 4. The van der Waals surface area contributed by atoms with Gasteiger partial charge in [0.15, 0.2) is 0 Å². The monoisotopic (exact) mass is 732 g/mol. The fraction of sp³-hybridized carbons (Fsp3) is 0.541. The summed E-state index contributed by atoms with van der Waals surface area (Å²) in [6.07, 6.45) is 9.45. The second kappa shape index (κ2) is 15.1. The summed E-state index contributed by atoms with van der Waals surface area (Å²) in [6, 6.07) is 4.33. The lowest BCUT2D eigenvalue weighted by Crippen LogP contribution is -2.58. The Hall–Kier alpha value is -4.79. The van der Waals surface area contributed by atoms with Gasteiger partial charge in [-0.05, 0) is 62.3 Å². The molecule has 52 heavy (non-hydrogen) atoms. The Labute approximate surface area is 307 Å². The van der Waals surface area contributed by atoms with Gasteiger partial charge < -0.3 is 30.7 Å². The molecule has 2 aliphatic heterocycles. The maximum Gasteiger partial charge on any atom is 0.330 e. The topological polar surface area (TPSA) is 181 Å². The lowest BCUT2D eigenvalue weighted by atomic mass is 9.88. The van der Waals surface area contributed by atoms with Gasteiger partial charge in [0.25, 0.3) is 0 Å². The molecule has 4 N–H and O–H groups in total. The van der Waals surface area contributed by atoms with Gasteiger partial charge in [0.2, 0.25) is 11.8 Å². The molecule has 1 aliphatic carbocycles. The molecule has 6 rings (SSSR count). The summed E-state index contributed by atoms with van der Waals surface area (Å²) in [5.41, 5.74) is 0.281. The number of aliphatic carboxylic acids is 1. The van der Waals surface area contributed by atoms with Crippen molar-refractivity contribution in [3.63, 3.8) is 0 Å². The Morgan fingerprint density at radius 1 is 1.12 bits per heavy atom. The van der Waals surface area contributed by atoms with Crippen molar-refractivity contribution in [3.8, 4) is 27.7 Å². The van der Waals surface area contributed by atoms with Gasteiger partial charge in [-0.1, -0.05) is 45.8 Å². The molecule has 3 aromatic rings. The Balaban J connectivity index is 1.34. The van der Waals surface area contributed by atoms with Crippen LogP contribution >= 0.6 is 11.3 Å². The summed E-state index contributed by atoms with van der Waals surface area (Å²) in [6.45, 7) is 8.05. The van der Waals surface area contributed by atoms with Gasteiger partial charge in [0, 0.05) is 42.1 Å². The number of carboxylic acids is 1. The quantitative estimate of drug-likeness (QED) is 0.248. The number of hydrogen-bond donors (Lipinski definition) is 4. The van der Waals surface area contributed by atoms with E-state index < -0.39 is 47.5 Å². The summed E-state index contributed by atoms with van der Waals surface area (Å²) < 4.78 is 5.34. The van der Waals surface area contributed by atoms with Crippen molar-refractivity contribution in [2.75, 3.05) is 13.7 Å². The molecule has 4 heterocycles. The number of thiazole rings is 1. The molecule has 278 valence electrons. The Bertz CT molecular complexity index is 1800. The van der Waals surface area contributed by atoms with Crippen molar-refractivity contribution >= 4 is 35.2 Å². The standard InChI is InChI=1S/C37H48N8O6S/c1-22(36(2,3)4)39-35(50)40-27-12-10-8-6-7-9-11-24-20-37(24,34(48)49)41-31(46)28-19-25(21-44(28)33(27)47)45-42-29(23-13-15-26(51-5)16-14-23)30(43-45)32-38-17-18-52-32/h9,11,13-18,22,24-25,27-28H,6-8,10,12,19-21H2,1-5H3,(H,41,46)(H,48,49)(H2,39,40,50)/b11-9-/t22-,24-,25+,27-,28+,37+/m1/s1. The number of hydrogen-bond acceptors (Lipinski definition) is 9. The molecule has 2 aromatic heterocycles. The van der Waals surface area contributed by atoms with E-state index in [0.717, 1.165) is 24.8 Å². The number of benzene rings is 1. The number of amides is 4. The van der Waals surface area contributed by atoms with Gasteiger partial charge in [-0.15, -0.1) is 16.4 Å². The molecule has 1 saturated heterocycles. The number of carboxylic acid groups (broad SMARTS) is 1. The summed E-state index contributed by atoms with van der Waals surface area (Å²) in [4.78, 5) is 62.0. The number of allylic oxidation sites excluding steroid dienone is 1. The van der Waals surface area contributed by atoms with E-state index in [2.05, 4.69) is 20.9 Å². The van der Waals surface area contributed by atoms with Crippen LogP contribution in [0.15, 0.2) is 48.0 Å². The van der Waals surface area contributed by atoms with E-state index in [9.17, 15) is 24.3 Å². The van der Waals surface area contributed by atoms with Crippen molar-refractivity contribution in [2.45, 2.75) is 102 Å². The number of nitrogens with zero attached hydrogens (tertiary/aromatic N) is 5. The zero-order valence-corrected chi connectivity index (χ0v) is 31.1. The SMILES string of the molecule is COc1ccc(-c2nn([C@H]3C[C@H]4C(=O)N[C@@]5(C(=O)O)C[C@H]5/C=C\CCCCC[C@@H](NC(=O)N[C@H](C)C(C)(C)C)C(=O)N4C3)nc2-c2nccs2)cc1. The first-order valence-corrected chi connectivity index (χ1v) is 18.8. The third-order valence-electron chi connectivity index (χ3n) is 10.5. The summed E-state index contributed by atoms with van der Waals surface area (Å²) in [7, 11) is 1.60. The maximum absolute atomic E-state index is 14.6. The largest absolute Gasteiger partial charge is 0.497 e. The molecule has 0 unspecified atom stereocenters. The highest BCUT2D eigenvalue weighted by Crippen LogP contribution is 2.46. The molecule has 1 aromatic carbocycles. The molecule has 0 bridgehead atoms. The molecule has 6 atom stereocenters. The van der Waals surface area contributed by atoms with E-state index in [-0.39, 0.29) is 36.8 Å². The smallest absolute Gasteiger partial charge is 0.330 e. The number of rotatable bonds is 7. The molecule has 2 fully saturated rings. The zero-order valence-electron chi connectivity index (χ0n) is 30.3. The number of ether oxygens (including phenoxy) is 1. The Morgan fingerprint density at radius 2 is 1.87 bits per heavy atom. The van der Waals surface area contributed by atoms with Crippen molar-refractivity contribution < 1.29 is 29.0 Å². The van der Waals surface area contributed by atoms with Gasteiger partial charge in [-0.2, -0.15) is 9.90 Å². The maximum atomic E-state index is 14.6. The van der Waals surface area contributed by atoms with E-state index in [1.54, 1.807) is 13.3 Å². The first kappa shape index (κ1) is 37.0. The van der Waals surface area contributed by atoms with Crippen LogP contribution in [-0.2, 0) is 14.4 Å². The van der Waals surface area contributed by atoms with Crippen LogP contribution < -0.4 is 20.7 Å². The second-order valence-corrected chi connectivity index (χ2v) is 16.0. The number of nitrogens with one attached hydrogen (secondary N) is 3. The number of urea groups is 1. The van der Waals surface area contributed by atoms with Crippen LogP contribution in [0, 0.1) is 11.3 Å². The number of fused-ring (bicyclic) bond motifs is 2. The molecule has 3 aliphatic rings. The van der Waals surface area contributed by atoms with Crippen LogP contribution in [0.3, 0.4) is 0 Å². The van der Waals surface area contributed by atoms with Crippen LogP contribution in [0.2, 0.25) is 0 Å². The second-order valence-electron chi connectivity index (χ2n) is 15.1. The molecule has 0 radical (unpaired) electrons. The van der Waals surface area contributed by atoms with Crippen LogP contribution in [0.4, 0.5) is 4.79 Å². The molecule has 14 nitrogen and oxygen atoms in total. The van der Waals surface area contributed by atoms with E-state index in [1.165, 1.54) is 21.0 Å². The summed E-state index contributed by atoms with van der Waals surface area (Å²) in [5, 5.41) is 31.2. The number of carbonyl (C=O) groups excluding carboxylic acids is 3. The lowest BCUT2D eigenvalue weighted by Gasteiger charge is -2.31. The highest BCUT2D eigenvalue weighted by Gasteiger charge is 2.61. The normalized spacial score (nSPS) is 26.5. The highest BCUT2D eigenvalue weighted by molar-refractivity contribution is 7.13. The molecule has 15 heteroatoms. The van der Waals surface area contributed by atoms with Crippen molar-refractivity contribution in [1.29, 1.82) is 0 Å². The fourth-order valence-electron chi connectivity index (χ4n) is 6.77. The first-order valence-electron chi connectivity index (χ1n) is 17.9. The number of aromatic nitrogens is 4. The minimum atomic E-state index is -1.44. The minimum Gasteiger partial charge on any atom is -0.497 e. The first-order chi connectivity index (χ1) is 24.8. The van der Waals surface area contributed by atoms with Gasteiger partial charge in [-0.3, -0.25) is 9.59 Å². The van der Waals surface area contributed by atoms with Gasteiger partial charge in [0.05, 0.1) is 13.2 Å². The molecule has 0 spiro atoms. The van der Waals surface area contributed by atoms with E-state index in [4.69, 9.17) is 14.9 Å². The predicted octanol–water partition coefficient (Wildman–Crippen LogP) is 4.80. The Morgan fingerprint density at radius 3 is 2.54 bits per heavy atom. The van der Waals surface area contributed by atoms with E-state index in [1.807, 2.05) is 69.5 Å².